The van der Waals surface area contributed by atoms with Gasteiger partial charge in [0.05, 0.1) is 17.4 Å². The zero-order valence-corrected chi connectivity index (χ0v) is 12.2. The Morgan fingerprint density at radius 3 is 2.94 bits per heavy atom. The molecule has 0 bridgehead atoms. The second-order valence-corrected chi connectivity index (χ2v) is 8.61. The molecule has 1 saturated heterocycles. The monoisotopic (exact) mass is 307 g/mol. The molecule has 1 aromatic rings. The van der Waals surface area contributed by atoms with Gasteiger partial charge >= 0.3 is 0 Å². The van der Waals surface area contributed by atoms with Crippen molar-refractivity contribution in [3.05, 3.63) is 0 Å². The van der Waals surface area contributed by atoms with Crippen molar-refractivity contribution in [1.29, 1.82) is 0 Å². The molecular formula is C9H13N3O3S3. The van der Waals surface area contributed by atoms with E-state index in [2.05, 4.69) is 15.5 Å². The molecule has 0 radical (unpaired) electrons. The lowest BCUT2D eigenvalue weighted by Crippen LogP contribution is -2.23. The van der Waals surface area contributed by atoms with E-state index in [0.717, 1.165) is 10.1 Å². The van der Waals surface area contributed by atoms with E-state index in [4.69, 9.17) is 0 Å². The van der Waals surface area contributed by atoms with E-state index in [1.807, 2.05) is 6.92 Å². The van der Waals surface area contributed by atoms with Crippen LogP contribution in [0.15, 0.2) is 4.34 Å². The number of nitrogens with one attached hydrogen (secondary N) is 1. The van der Waals surface area contributed by atoms with Crippen LogP contribution in [0.3, 0.4) is 0 Å². The van der Waals surface area contributed by atoms with Gasteiger partial charge in [-0.25, -0.2) is 8.42 Å². The first kappa shape index (κ1) is 13.8. The minimum Gasteiger partial charge on any atom is -0.300 e. The lowest BCUT2D eigenvalue weighted by Gasteiger charge is -2.05. The SMILES string of the molecule is CCSc1nnc(NC(=O)C2CCS(=O)(=O)C2)s1. The number of thioether (sulfide) groups is 1. The molecule has 0 spiro atoms. The van der Waals surface area contributed by atoms with Crippen LogP contribution in [0.5, 0.6) is 0 Å². The summed E-state index contributed by atoms with van der Waals surface area (Å²) in [6.07, 6.45) is 0.392. The van der Waals surface area contributed by atoms with Crippen molar-refractivity contribution in [3.8, 4) is 0 Å². The zero-order chi connectivity index (χ0) is 13.2. The first-order chi connectivity index (χ1) is 8.50. The van der Waals surface area contributed by atoms with Crippen LogP contribution in [0.4, 0.5) is 5.13 Å². The van der Waals surface area contributed by atoms with Crippen molar-refractivity contribution in [2.24, 2.45) is 5.92 Å². The standard InChI is InChI=1S/C9H13N3O3S3/c1-2-16-9-12-11-8(17-9)10-7(13)6-3-4-18(14,15)5-6/h6H,2-5H2,1H3,(H,10,11,13). The molecule has 2 heterocycles. The summed E-state index contributed by atoms with van der Waals surface area (Å²) in [5, 5.41) is 10.8. The maximum absolute atomic E-state index is 11.8. The van der Waals surface area contributed by atoms with Crippen molar-refractivity contribution in [2.75, 3.05) is 22.6 Å². The highest BCUT2D eigenvalue weighted by Crippen LogP contribution is 2.26. The van der Waals surface area contributed by atoms with E-state index in [-0.39, 0.29) is 17.4 Å². The molecule has 1 amide bonds. The second kappa shape index (κ2) is 5.54. The van der Waals surface area contributed by atoms with Crippen LogP contribution < -0.4 is 5.32 Å². The third-order valence-electron chi connectivity index (χ3n) is 2.51. The normalized spacial score (nSPS) is 21.9. The smallest absolute Gasteiger partial charge is 0.230 e. The molecular weight excluding hydrogens is 294 g/mol. The zero-order valence-electron chi connectivity index (χ0n) is 9.75. The molecule has 0 aromatic carbocycles. The third-order valence-corrected chi connectivity index (χ3v) is 6.13. The highest BCUT2D eigenvalue weighted by molar-refractivity contribution is 8.01. The van der Waals surface area contributed by atoms with Crippen LogP contribution in [-0.4, -0.2) is 41.8 Å². The molecule has 9 heteroatoms. The lowest BCUT2D eigenvalue weighted by molar-refractivity contribution is -0.119. The number of amides is 1. The molecule has 1 unspecified atom stereocenters. The molecule has 1 aromatic heterocycles. The minimum atomic E-state index is -3.03. The van der Waals surface area contributed by atoms with Gasteiger partial charge in [-0.3, -0.25) is 4.79 Å². The average Bonchev–Trinajstić information content (AvgIpc) is 2.86. The summed E-state index contributed by atoms with van der Waals surface area (Å²) >= 11 is 2.86. The fourth-order valence-corrected chi connectivity index (χ4v) is 5.04. The Hall–Kier alpha value is -0.670. The Labute approximate surface area is 113 Å². The predicted molar refractivity (Wildman–Crippen MR) is 71.7 cm³/mol. The Kier molecular flexibility index (Phi) is 4.23. The van der Waals surface area contributed by atoms with Crippen molar-refractivity contribution < 1.29 is 13.2 Å². The van der Waals surface area contributed by atoms with Crippen molar-refractivity contribution in [1.82, 2.24) is 10.2 Å². The second-order valence-electron chi connectivity index (χ2n) is 3.90. The topological polar surface area (TPSA) is 89.0 Å². The maximum atomic E-state index is 11.8. The maximum Gasteiger partial charge on any atom is 0.230 e. The number of nitrogens with zero attached hydrogens (tertiary/aromatic N) is 2. The first-order valence-corrected chi connectivity index (χ1v) is 9.10. The number of sulfone groups is 1. The Morgan fingerprint density at radius 2 is 2.33 bits per heavy atom. The number of hydrogen-bond acceptors (Lipinski definition) is 7. The van der Waals surface area contributed by atoms with Crippen LogP contribution in [0.25, 0.3) is 0 Å². The highest BCUT2D eigenvalue weighted by Gasteiger charge is 2.33. The number of anilines is 1. The summed E-state index contributed by atoms with van der Waals surface area (Å²) in [4.78, 5) is 11.8. The van der Waals surface area contributed by atoms with Crippen molar-refractivity contribution >= 4 is 44.0 Å². The molecule has 1 N–H and O–H groups in total. The van der Waals surface area contributed by atoms with Gasteiger partial charge in [0.25, 0.3) is 0 Å². The molecule has 1 aliphatic heterocycles. The molecule has 1 aliphatic rings. The molecule has 2 rings (SSSR count). The summed E-state index contributed by atoms with van der Waals surface area (Å²) < 4.78 is 23.4. The van der Waals surface area contributed by atoms with E-state index >= 15 is 0 Å². The molecule has 100 valence electrons. The molecule has 6 nitrogen and oxygen atoms in total. The average molecular weight is 307 g/mol. The van der Waals surface area contributed by atoms with E-state index < -0.39 is 15.8 Å². The quantitative estimate of drug-likeness (QED) is 0.660. The van der Waals surface area contributed by atoms with E-state index in [1.165, 1.54) is 11.3 Å². The van der Waals surface area contributed by atoms with Crippen molar-refractivity contribution in [3.63, 3.8) is 0 Å². The van der Waals surface area contributed by atoms with Crippen LogP contribution in [0, 0.1) is 5.92 Å². The Balaban J connectivity index is 1.95. The molecule has 18 heavy (non-hydrogen) atoms. The summed E-state index contributed by atoms with van der Waals surface area (Å²) in [6, 6.07) is 0. The number of carbonyl (C=O) groups is 1. The van der Waals surface area contributed by atoms with Crippen LogP contribution >= 0.6 is 23.1 Å². The van der Waals surface area contributed by atoms with Gasteiger partial charge in [0.15, 0.2) is 14.2 Å². The van der Waals surface area contributed by atoms with Crippen molar-refractivity contribution in [2.45, 2.75) is 17.7 Å². The first-order valence-electron chi connectivity index (χ1n) is 5.48. The minimum absolute atomic E-state index is 0.0613. The van der Waals surface area contributed by atoms with E-state index in [9.17, 15) is 13.2 Å². The van der Waals surface area contributed by atoms with Crippen LogP contribution in [0.1, 0.15) is 13.3 Å². The summed E-state index contributed by atoms with van der Waals surface area (Å²) in [5.41, 5.74) is 0. The van der Waals surface area contributed by atoms with E-state index in [0.29, 0.717) is 11.6 Å². The Bertz CT molecular complexity index is 540. The molecule has 0 aliphatic carbocycles. The predicted octanol–water partition coefficient (Wildman–Crippen LogP) is 1.02. The number of hydrogen-bond donors (Lipinski definition) is 1. The van der Waals surface area contributed by atoms with Gasteiger partial charge in [0.1, 0.15) is 0 Å². The fraction of sp³-hybridized carbons (Fsp3) is 0.667. The molecule has 1 fully saturated rings. The van der Waals surface area contributed by atoms with Gasteiger partial charge in [-0.2, -0.15) is 0 Å². The van der Waals surface area contributed by atoms with Gasteiger partial charge in [0, 0.05) is 0 Å². The van der Waals surface area contributed by atoms with Gasteiger partial charge in [-0.15, -0.1) is 10.2 Å². The largest absolute Gasteiger partial charge is 0.300 e. The van der Waals surface area contributed by atoms with Crippen LogP contribution in [-0.2, 0) is 14.6 Å². The Morgan fingerprint density at radius 1 is 1.56 bits per heavy atom. The third kappa shape index (κ3) is 3.42. The summed E-state index contributed by atoms with van der Waals surface area (Å²) in [6.45, 7) is 2.01. The van der Waals surface area contributed by atoms with Gasteiger partial charge in [0.2, 0.25) is 11.0 Å². The van der Waals surface area contributed by atoms with Gasteiger partial charge in [-0.05, 0) is 12.2 Å². The highest BCUT2D eigenvalue weighted by atomic mass is 32.2. The van der Waals surface area contributed by atoms with Gasteiger partial charge < -0.3 is 5.32 Å². The number of aromatic nitrogens is 2. The van der Waals surface area contributed by atoms with Crippen LogP contribution in [0.2, 0.25) is 0 Å². The molecule has 1 atom stereocenters. The summed E-state index contributed by atoms with van der Waals surface area (Å²) in [5.74, 6) is 0.192. The van der Waals surface area contributed by atoms with Gasteiger partial charge in [-0.1, -0.05) is 30.0 Å². The van der Waals surface area contributed by atoms with E-state index in [1.54, 1.807) is 11.8 Å². The number of carbonyl (C=O) groups excluding carboxylic acids is 1. The summed E-state index contributed by atoms with van der Waals surface area (Å²) in [7, 11) is -3.03. The molecule has 0 saturated carbocycles. The number of rotatable bonds is 4. The fourth-order valence-electron chi connectivity index (χ4n) is 1.65. The lowest BCUT2D eigenvalue weighted by atomic mass is 10.1.